The zero-order valence-electron chi connectivity index (χ0n) is 18.1. The molecule has 0 aliphatic carbocycles. The number of benzene rings is 2. The summed E-state index contributed by atoms with van der Waals surface area (Å²) < 4.78 is 32.9. The Morgan fingerprint density at radius 3 is 2.16 bits per heavy atom. The normalized spacial score (nSPS) is 17.3. The zero-order valence-corrected chi connectivity index (χ0v) is 18.1. The molecule has 2 amide bonds. The van der Waals surface area contributed by atoms with Crippen LogP contribution < -0.4 is 4.74 Å². The number of piperidine rings is 2. The fourth-order valence-corrected chi connectivity index (χ4v) is 4.32. The summed E-state index contributed by atoms with van der Waals surface area (Å²) >= 11 is 0. The number of halogens is 2. The molecule has 2 saturated heterocycles. The monoisotopic (exact) mass is 442 g/mol. The highest BCUT2D eigenvalue weighted by atomic mass is 19.1. The molecule has 170 valence electrons. The molecule has 0 atom stereocenters. The first kappa shape index (κ1) is 22.2. The van der Waals surface area contributed by atoms with E-state index in [0.717, 1.165) is 50.9 Å². The summed E-state index contributed by atoms with van der Waals surface area (Å²) in [4.78, 5) is 28.6. The number of amides is 2. The molecule has 0 aromatic heterocycles. The van der Waals surface area contributed by atoms with Gasteiger partial charge in [0.2, 0.25) is 0 Å². The van der Waals surface area contributed by atoms with Gasteiger partial charge in [-0.3, -0.25) is 9.59 Å². The second-order valence-electron chi connectivity index (χ2n) is 8.55. The number of carbonyl (C=O) groups is 2. The minimum absolute atomic E-state index is 0.0749. The molecule has 0 bridgehead atoms. The lowest BCUT2D eigenvalue weighted by Crippen LogP contribution is -2.40. The number of nitrogens with zero attached hydrogens (tertiary/aromatic N) is 2. The van der Waals surface area contributed by atoms with E-state index in [2.05, 4.69) is 0 Å². The van der Waals surface area contributed by atoms with Crippen molar-refractivity contribution in [1.29, 1.82) is 0 Å². The molecule has 2 fully saturated rings. The minimum Gasteiger partial charge on any atom is -0.493 e. The highest BCUT2D eigenvalue weighted by Crippen LogP contribution is 2.23. The summed E-state index contributed by atoms with van der Waals surface area (Å²) in [5.41, 5.74) is 0.583. The molecule has 0 unspecified atom stereocenters. The van der Waals surface area contributed by atoms with Crippen molar-refractivity contribution in [3.63, 3.8) is 0 Å². The van der Waals surface area contributed by atoms with Crippen molar-refractivity contribution in [3.05, 3.63) is 65.2 Å². The molecule has 0 saturated carbocycles. The third-order valence-corrected chi connectivity index (χ3v) is 6.29. The van der Waals surface area contributed by atoms with E-state index in [1.165, 1.54) is 12.5 Å². The molecule has 0 spiro atoms. The average molecular weight is 443 g/mol. The van der Waals surface area contributed by atoms with Crippen molar-refractivity contribution in [2.45, 2.75) is 32.1 Å². The van der Waals surface area contributed by atoms with Gasteiger partial charge in [-0.1, -0.05) is 0 Å². The van der Waals surface area contributed by atoms with Crippen LogP contribution in [0, 0.1) is 17.6 Å². The molecule has 2 aliphatic rings. The van der Waals surface area contributed by atoms with Gasteiger partial charge in [-0.05, 0) is 74.4 Å². The van der Waals surface area contributed by atoms with Crippen LogP contribution >= 0.6 is 0 Å². The fourth-order valence-electron chi connectivity index (χ4n) is 4.32. The Labute approximate surface area is 187 Å². The maximum Gasteiger partial charge on any atom is 0.256 e. The van der Waals surface area contributed by atoms with E-state index in [0.29, 0.717) is 31.0 Å². The van der Waals surface area contributed by atoms with E-state index in [9.17, 15) is 18.4 Å². The Bertz CT molecular complexity index is 950. The minimum atomic E-state index is -0.831. The van der Waals surface area contributed by atoms with Gasteiger partial charge < -0.3 is 14.5 Å². The van der Waals surface area contributed by atoms with Crippen LogP contribution in [0.5, 0.6) is 5.75 Å². The smallest absolute Gasteiger partial charge is 0.256 e. The van der Waals surface area contributed by atoms with Crippen molar-refractivity contribution in [2.24, 2.45) is 5.92 Å². The van der Waals surface area contributed by atoms with Crippen LogP contribution in [-0.4, -0.2) is 54.4 Å². The van der Waals surface area contributed by atoms with Crippen LogP contribution in [-0.2, 0) is 0 Å². The molecule has 2 aromatic carbocycles. The number of rotatable bonds is 5. The number of carbonyl (C=O) groups excluding carboxylic acids is 2. The molecule has 2 heterocycles. The second kappa shape index (κ2) is 10.1. The van der Waals surface area contributed by atoms with E-state index in [4.69, 9.17) is 4.74 Å². The fraction of sp³-hybridized carbons (Fsp3) is 0.440. The number of ether oxygens (including phenoxy) is 1. The predicted molar refractivity (Wildman–Crippen MR) is 117 cm³/mol. The van der Waals surface area contributed by atoms with Gasteiger partial charge in [0.1, 0.15) is 17.4 Å². The topological polar surface area (TPSA) is 49.9 Å². The maximum atomic E-state index is 13.9. The lowest BCUT2D eigenvalue weighted by Gasteiger charge is -2.32. The van der Waals surface area contributed by atoms with Crippen molar-refractivity contribution in [3.8, 4) is 5.75 Å². The van der Waals surface area contributed by atoms with Crippen molar-refractivity contribution in [2.75, 3.05) is 32.8 Å². The standard InChI is InChI=1S/C25H28F2N2O3/c26-20-6-9-22(23(27)16-20)25(31)29-14-10-18(11-15-29)17-32-21-7-4-19(5-8-21)24(30)28-12-2-1-3-13-28/h4-9,16,18H,1-3,10-15,17H2. The van der Waals surface area contributed by atoms with E-state index in [-0.39, 0.29) is 17.4 Å². The predicted octanol–water partition coefficient (Wildman–Crippen LogP) is 4.52. The van der Waals surface area contributed by atoms with E-state index in [1.54, 1.807) is 4.90 Å². The first-order valence-electron chi connectivity index (χ1n) is 11.3. The molecule has 7 heteroatoms. The Morgan fingerprint density at radius 2 is 1.50 bits per heavy atom. The molecule has 32 heavy (non-hydrogen) atoms. The molecular weight excluding hydrogens is 414 g/mol. The second-order valence-corrected chi connectivity index (χ2v) is 8.55. The molecule has 2 aromatic rings. The van der Waals surface area contributed by atoms with Gasteiger partial charge in [0.05, 0.1) is 12.2 Å². The Balaban J connectivity index is 1.24. The van der Waals surface area contributed by atoms with Crippen molar-refractivity contribution < 1.29 is 23.1 Å². The van der Waals surface area contributed by atoms with E-state index < -0.39 is 17.5 Å². The van der Waals surface area contributed by atoms with Gasteiger partial charge in [-0.15, -0.1) is 0 Å². The van der Waals surface area contributed by atoms with Crippen LogP contribution in [0.4, 0.5) is 8.78 Å². The van der Waals surface area contributed by atoms with Crippen LogP contribution in [0.15, 0.2) is 42.5 Å². The third-order valence-electron chi connectivity index (χ3n) is 6.29. The Kier molecular flexibility index (Phi) is 7.02. The first-order valence-corrected chi connectivity index (χ1v) is 11.3. The molecule has 5 nitrogen and oxygen atoms in total. The van der Waals surface area contributed by atoms with Gasteiger partial charge in [-0.2, -0.15) is 0 Å². The quantitative estimate of drug-likeness (QED) is 0.684. The van der Waals surface area contributed by atoms with Gasteiger partial charge >= 0.3 is 0 Å². The molecule has 0 N–H and O–H groups in total. The largest absolute Gasteiger partial charge is 0.493 e. The SMILES string of the molecule is O=C(c1ccc(OCC2CCN(C(=O)c3ccc(F)cc3F)CC2)cc1)N1CCCCC1. The highest BCUT2D eigenvalue weighted by Gasteiger charge is 2.26. The Morgan fingerprint density at radius 1 is 0.844 bits per heavy atom. The summed E-state index contributed by atoms with van der Waals surface area (Å²) in [5.74, 6) is -0.859. The highest BCUT2D eigenvalue weighted by molar-refractivity contribution is 5.95. The van der Waals surface area contributed by atoms with Gasteiger partial charge in [0.25, 0.3) is 11.8 Å². The molecule has 0 radical (unpaired) electrons. The van der Waals surface area contributed by atoms with Gasteiger partial charge in [-0.25, -0.2) is 8.78 Å². The van der Waals surface area contributed by atoms with Crippen LogP contribution in [0.3, 0.4) is 0 Å². The summed E-state index contributed by atoms with van der Waals surface area (Å²) in [7, 11) is 0. The molecular formula is C25H28F2N2O3. The van der Waals surface area contributed by atoms with Crippen LogP contribution in [0.2, 0.25) is 0 Å². The van der Waals surface area contributed by atoms with Crippen LogP contribution in [0.1, 0.15) is 52.8 Å². The zero-order chi connectivity index (χ0) is 22.5. The van der Waals surface area contributed by atoms with E-state index >= 15 is 0 Å². The molecule has 2 aliphatic heterocycles. The number of likely N-dealkylation sites (tertiary alicyclic amines) is 2. The van der Waals surface area contributed by atoms with Crippen molar-refractivity contribution >= 4 is 11.8 Å². The summed E-state index contributed by atoms with van der Waals surface area (Å²) in [5, 5.41) is 0. The number of hydrogen-bond acceptors (Lipinski definition) is 3. The van der Waals surface area contributed by atoms with E-state index in [1.807, 2.05) is 29.2 Å². The molecule has 4 rings (SSSR count). The average Bonchev–Trinajstić information content (AvgIpc) is 2.83. The lowest BCUT2D eigenvalue weighted by molar-refractivity contribution is 0.0655. The summed E-state index contributed by atoms with van der Waals surface area (Å²) in [6, 6.07) is 10.3. The van der Waals surface area contributed by atoms with Crippen molar-refractivity contribution in [1.82, 2.24) is 9.80 Å². The van der Waals surface area contributed by atoms with Crippen LogP contribution in [0.25, 0.3) is 0 Å². The van der Waals surface area contributed by atoms with Gasteiger partial charge in [0, 0.05) is 37.8 Å². The Hall–Kier alpha value is -2.96. The third kappa shape index (κ3) is 5.26. The summed E-state index contributed by atoms with van der Waals surface area (Å²) in [6.45, 7) is 3.18. The lowest BCUT2D eigenvalue weighted by atomic mass is 9.97. The summed E-state index contributed by atoms with van der Waals surface area (Å²) in [6.07, 6.45) is 4.82. The number of hydrogen-bond donors (Lipinski definition) is 0. The van der Waals surface area contributed by atoms with Gasteiger partial charge in [0.15, 0.2) is 0 Å². The maximum absolute atomic E-state index is 13.9. The first-order chi connectivity index (χ1) is 15.5.